The van der Waals surface area contributed by atoms with Crippen molar-refractivity contribution in [2.24, 2.45) is 0 Å². The summed E-state index contributed by atoms with van der Waals surface area (Å²) in [4.78, 5) is 0.142. The lowest BCUT2D eigenvalue weighted by Crippen LogP contribution is -2.26. The smallest absolute Gasteiger partial charge is 0.297 e. The summed E-state index contributed by atoms with van der Waals surface area (Å²) in [6.45, 7) is 2.45. The van der Waals surface area contributed by atoms with Crippen molar-refractivity contribution in [1.29, 1.82) is 0 Å². The molecule has 4 nitrogen and oxygen atoms in total. The molecule has 0 aliphatic carbocycles. The van der Waals surface area contributed by atoms with E-state index in [-0.39, 0.29) is 11.5 Å². The van der Waals surface area contributed by atoms with Gasteiger partial charge >= 0.3 is 0 Å². The molecule has 3 rings (SSSR count). The van der Waals surface area contributed by atoms with E-state index in [9.17, 15) is 8.42 Å². The Bertz CT molecular complexity index is 1020. The second kappa shape index (κ2) is 10.2. The van der Waals surface area contributed by atoms with Crippen molar-refractivity contribution in [1.82, 2.24) is 0 Å². The SMILES string of the molecule is Cc1ccc(S(=O)(=O)OC(COCc2ccccc2)Cc2ccccc2Br)cc1. The van der Waals surface area contributed by atoms with Gasteiger partial charge < -0.3 is 4.74 Å². The average molecular weight is 475 g/mol. The van der Waals surface area contributed by atoms with E-state index in [2.05, 4.69) is 15.9 Å². The lowest BCUT2D eigenvalue weighted by Gasteiger charge is -2.19. The van der Waals surface area contributed by atoms with Gasteiger partial charge in [0.15, 0.2) is 0 Å². The second-order valence-electron chi connectivity index (χ2n) is 6.78. The molecule has 0 aromatic heterocycles. The summed E-state index contributed by atoms with van der Waals surface area (Å²) in [5.74, 6) is 0. The van der Waals surface area contributed by atoms with Crippen LogP contribution in [0.2, 0.25) is 0 Å². The molecule has 1 atom stereocenters. The second-order valence-corrected chi connectivity index (χ2v) is 9.21. The Morgan fingerprint density at radius 1 is 0.897 bits per heavy atom. The minimum Gasteiger partial charge on any atom is -0.374 e. The lowest BCUT2D eigenvalue weighted by atomic mass is 10.1. The first kappa shape index (κ1) is 21.7. The molecule has 0 aliphatic rings. The van der Waals surface area contributed by atoms with Gasteiger partial charge in [0.25, 0.3) is 10.1 Å². The lowest BCUT2D eigenvalue weighted by molar-refractivity contribution is 0.0442. The van der Waals surface area contributed by atoms with E-state index in [1.165, 1.54) is 0 Å². The van der Waals surface area contributed by atoms with Crippen LogP contribution in [-0.4, -0.2) is 21.1 Å². The molecule has 3 aromatic rings. The highest BCUT2D eigenvalue weighted by molar-refractivity contribution is 9.10. The van der Waals surface area contributed by atoms with Crippen LogP contribution in [0.15, 0.2) is 88.2 Å². The minimum absolute atomic E-state index is 0.142. The third-order valence-corrected chi connectivity index (χ3v) is 6.54. The molecule has 0 aliphatic heterocycles. The molecule has 0 saturated carbocycles. The van der Waals surface area contributed by atoms with Crippen molar-refractivity contribution < 1.29 is 17.3 Å². The maximum Gasteiger partial charge on any atom is 0.297 e. The molecule has 0 spiro atoms. The van der Waals surface area contributed by atoms with Crippen molar-refractivity contribution in [3.05, 3.63) is 100 Å². The molecule has 0 N–H and O–H groups in total. The summed E-state index contributed by atoms with van der Waals surface area (Å²) in [7, 11) is -3.90. The Labute approximate surface area is 180 Å². The van der Waals surface area contributed by atoms with Gasteiger partial charge in [0.05, 0.1) is 18.1 Å². The summed E-state index contributed by atoms with van der Waals surface area (Å²) in [5, 5.41) is 0. The van der Waals surface area contributed by atoms with Crippen molar-refractivity contribution >= 4 is 26.0 Å². The van der Waals surface area contributed by atoms with E-state index in [1.54, 1.807) is 24.3 Å². The Balaban J connectivity index is 1.74. The van der Waals surface area contributed by atoms with Gasteiger partial charge in [0.1, 0.15) is 6.10 Å². The van der Waals surface area contributed by atoms with Crippen molar-refractivity contribution in [2.45, 2.75) is 31.0 Å². The summed E-state index contributed by atoms with van der Waals surface area (Å²) >= 11 is 3.52. The quantitative estimate of drug-likeness (QED) is 0.395. The topological polar surface area (TPSA) is 52.6 Å². The number of aryl methyl sites for hydroxylation is 1. The van der Waals surface area contributed by atoms with Gasteiger partial charge in [-0.25, -0.2) is 0 Å². The van der Waals surface area contributed by atoms with E-state index < -0.39 is 16.2 Å². The number of halogens is 1. The molecule has 0 amide bonds. The van der Waals surface area contributed by atoms with Crippen molar-refractivity contribution in [3.8, 4) is 0 Å². The van der Waals surface area contributed by atoms with Gasteiger partial charge in [0.2, 0.25) is 0 Å². The molecule has 1 unspecified atom stereocenters. The van der Waals surface area contributed by atoms with Crippen LogP contribution in [0.25, 0.3) is 0 Å². The number of hydrogen-bond donors (Lipinski definition) is 0. The molecule has 3 aromatic carbocycles. The summed E-state index contributed by atoms with van der Waals surface area (Å²) in [5.41, 5.74) is 2.97. The Morgan fingerprint density at radius 2 is 1.55 bits per heavy atom. The Kier molecular flexibility index (Phi) is 7.61. The van der Waals surface area contributed by atoms with Gasteiger partial charge in [-0.2, -0.15) is 8.42 Å². The molecule has 0 fully saturated rings. The van der Waals surface area contributed by atoms with Gasteiger partial charge in [-0.15, -0.1) is 0 Å². The van der Waals surface area contributed by atoms with Crippen LogP contribution < -0.4 is 0 Å². The first-order chi connectivity index (χ1) is 13.9. The molecule has 0 saturated heterocycles. The first-order valence-electron chi connectivity index (χ1n) is 9.29. The third kappa shape index (κ3) is 6.51. The molecule has 152 valence electrons. The van der Waals surface area contributed by atoms with Crippen LogP contribution in [-0.2, 0) is 32.1 Å². The fourth-order valence-corrected chi connectivity index (χ4v) is 4.36. The third-order valence-electron chi connectivity index (χ3n) is 4.39. The Hall–Kier alpha value is -1.99. The zero-order valence-electron chi connectivity index (χ0n) is 16.1. The number of hydrogen-bond acceptors (Lipinski definition) is 4. The van der Waals surface area contributed by atoms with Crippen LogP contribution >= 0.6 is 15.9 Å². The monoisotopic (exact) mass is 474 g/mol. The van der Waals surface area contributed by atoms with Gasteiger partial charge in [-0.05, 0) is 36.2 Å². The van der Waals surface area contributed by atoms with E-state index in [0.717, 1.165) is 21.2 Å². The van der Waals surface area contributed by atoms with Gasteiger partial charge in [0, 0.05) is 10.9 Å². The summed E-state index contributed by atoms with van der Waals surface area (Å²) in [6, 6.07) is 24.1. The van der Waals surface area contributed by atoms with Crippen molar-refractivity contribution in [3.63, 3.8) is 0 Å². The number of rotatable bonds is 9. The maximum atomic E-state index is 12.8. The highest BCUT2D eigenvalue weighted by Gasteiger charge is 2.23. The largest absolute Gasteiger partial charge is 0.374 e. The zero-order valence-corrected chi connectivity index (χ0v) is 18.5. The maximum absolute atomic E-state index is 12.8. The van der Waals surface area contributed by atoms with E-state index >= 15 is 0 Å². The fourth-order valence-electron chi connectivity index (χ4n) is 2.85. The van der Waals surface area contributed by atoms with E-state index in [0.29, 0.717) is 13.0 Å². The number of benzene rings is 3. The van der Waals surface area contributed by atoms with Gasteiger partial charge in [-0.3, -0.25) is 4.18 Å². The standard InChI is InChI=1S/C23H23BrO4S/c1-18-11-13-22(14-12-18)29(25,26)28-21(15-20-9-5-6-10-23(20)24)17-27-16-19-7-3-2-4-8-19/h2-14,21H,15-17H2,1H3. The average Bonchev–Trinajstić information content (AvgIpc) is 2.70. The zero-order chi connectivity index (χ0) is 20.7. The Morgan fingerprint density at radius 3 is 2.24 bits per heavy atom. The predicted octanol–water partition coefficient (Wildman–Crippen LogP) is 5.29. The first-order valence-corrected chi connectivity index (χ1v) is 11.5. The predicted molar refractivity (Wildman–Crippen MR) is 117 cm³/mol. The molecule has 0 radical (unpaired) electrons. The van der Waals surface area contributed by atoms with E-state index in [1.807, 2.05) is 61.5 Å². The molecule has 0 heterocycles. The fraction of sp³-hybridized carbons (Fsp3) is 0.217. The number of ether oxygens (including phenoxy) is 1. The van der Waals surface area contributed by atoms with Crippen LogP contribution in [0.3, 0.4) is 0 Å². The van der Waals surface area contributed by atoms with Crippen LogP contribution in [0.1, 0.15) is 16.7 Å². The van der Waals surface area contributed by atoms with Crippen LogP contribution in [0, 0.1) is 6.92 Å². The van der Waals surface area contributed by atoms with Crippen molar-refractivity contribution in [2.75, 3.05) is 6.61 Å². The highest BCUT2D eigenvalue weighted by atomic mass is 79.9. The minimum atomic E-state index is -3.90. The normalized spacial score (nSPS) is 12.6. The molecular formula is C23H23BrO4S. The van der Waals surface area contributed by atoms with Crippen LogP contribution in [0.4, 0.5) is 0 Å². The highest BCUT2D eigenvalue weighted by Crippen LogP contribution is 2.22. The van der Waals surface area contributed by atoms with Crippen LogP contribution in [0.5, 0.6) is 0 Å². The van der Waals surface area contributed by atoms with Gasteiger partial charge in [-0.1, -0.05) is 82.2 Å². The summed E-state index contributed by atoms with van der Waals surface area (Å²) in [6.07, 6.45) is -0.245. The molecule has 29 heavy (non-hydrogen) atoms. The van der Waals surface area contributed by atoms with E-state index in [4.69, 9.17) is 8.92 Å². The molecule has 6 heteroatoms. The summed E-state index contributed by atoms with van der Waals surface area (Å²) < 4.78 is 37.8. The molecule has 0 bridgehead atoms. The molecular weight excluding hydrogens is 452 g/mol.